The van der Waals surface area contributed by atoms with Crippen LogP contribution in [-0.2, 0) is 16.2 Å². The molecule has 2 aliphatic heterocycles. The van der Waals surface area contributed by atoms with E-state index >= 15 is 0 Å². The predicted molar refractivity (Wildman–Crippen MR) is 113 cm³/mol. The molecule has 0 saturated carbocycles. The highest BCUT2D eigenvalue weighted by Gasteiger charge is 2.45. The number of carbonyl (C=O) groups excluding carboxylic acids is 1. The number of oxime groups is 1. The molecule has 0 N–H and O–H groups in total. The molecule has 6 nitrogen and oxygen atoms in total. The average molecular weight is 413 g/mol. The zero-order valence-electron chi connectivity index (χ0n) is 16.6. The average Bonchev–Trinajstić information content (AvgIpc) is 2.99. The Kier molecular flexibility index (Phi) is 5.83. The van der Waals surface area contributed by atoms with Gasteiger partial charge in [0.1, 0.15) is 0 Å². The highest BCUT2D eigenvalue weighted by atomic mass is 35.5. The van der Waals surface area contributed by atoms with E-state index in [9.17, 15) is 4.79 Å². The first-order valence-electron chi connectivity index (χ1n) is 9.97. The van der Waals surface area contributed by atoms with Crippen molar-refractivity contribution in [3.05, 3.63) is 64.9 Å². The van der Waals surface area contributed by atoms with Gasteiger partial charge >= 0.3 is 0 Å². The molecule has 1 amide bonds. The van der Waals surface area contributed by atoms with Crippen LogP contribution in [-0.4, -0.2) is 58.2 Å². The molecule has 3 heterocycles. The number of aromatic nitrogens is 1. The van der Waals surface area contributed by atoms with Crippen molar-refractivity contribution in [1.82, 2.24) is 14.8 Å². The first-order chi connectivity index (χ1) is 14.0. The molecule has 4 rings (SSSR count). The minimum Gasteiger partial charge on any atom is -0.379 e. The Balaban J connectivity index is 1.38. The molecule has 7 heteroatoms. The molecule has 1 aromatic heterocycles. The van der Waals surface area contributed by atoms with Crippen molar-refractivity contribution in [1.29, 1.82) is 0 Å². The van der Waals surface area contributed by atoms with E-state index in [4.69, 9.17) is 16.4 Å². The summed E-state index contributed by atoms with van der Waals surface area (Å²) in [6.45, 7) is 5.77. The number of rotatable bonds is 4. The van der Waals surface area contributed by atoms with Crippen molar-refractivity contribution in [2.45, 2.75) is 31.9 Å². The second-order valence-corrected chi connectivity index (χ2v) is 8.17. The van der Waals surface area contributed by atoms with Gasteiger partial charge in [0.2, 0.25) is 5.60 Å². The zero-order valence-corrected chi connectivity index (χ0v) is 17.3. The lowest BCUT2D eigenvalue weighted by atomic mass is 9.94. The molecule has 1 saturated heterocycles. The lowest BCUT2D eigenvalue weighted by Gasteiger charge is -2.29. The minimum absolute atomic E-state index is 0.0111. The number of carbonyl (C=O) groups is 1. The number of amides is 1. The van der Waals surface area contributed by atoms with Crippen LogP contribution in [0, 0.1) is 0 Å². The molecule has 29 heavy (non-hydrogen) atoms. The maximum Gasteiger partial charge on any atom is 0.269 e. The van der Waals surface area contributed by atoms with Crippen LogP contribution in [0.3, 0.4) is 0 Å². The highest BCUT2D eigenvalue weighted by molar-refractivity contribution is 6.34. The van der Waals surface area contributed by atoms with Gasteiger partial charge in [-0.2, -0.15) is 0 Å². The Morgan fingerprint density at radius 3 is 2.76 bits per heavy atom. The van der Waals surface area contributed by atoms with E-state index in [0.717, 1.165) is 49.6 Å². The Hall–Kier alpha value is -2.44. The van der Waals surface area contributed by atoms with Crippen LogP contribution < -0.4 is 0 Å². The Morgan fingerprint density at radius 2 is 1.97 bits per heavy atom. The summed E-state index contributed by atoms with van der Waals surface area (Å²) in [4.78, 5) is 27.6. The van der Waals surface area contributed by atoms with E-state index in [1.165, 1.54) is 0 Å². The quantitative estimate of drug-likeness (QED) is 0.772. The fraction of sp³-hybridized carbons (Fsp3) is 0.409. The van der Waals surface area contributed by atoms with Crippen LogP contribution in [0.2, 0.25) is 5.02 Å². The van der Waals surface area contributed by atoms with Crippen LogP contribution >= 0.6 is 11.6 Å². The summed E-state index contributed by atoms with van der Waals surface area (Å²) in [5.41, 5.74) is 1.61. The minimum atomic E-state index is -0.981. The van der Waals surface area contributed by atoms with Gasteiger partial charge in [-0.25, -0.2) is 0 Å². The fourth-order valence-corrected chi connectivity index (χ4v) is 4.13. The van der Waals surface area contributed by atoms with E-state index in [0.29, 0.717) is 18.0 Å². The normalized spacial score (nSPS) is 22.7. The largest absolute Gasteiger partial charge is 0.379 e. The Bertz CT molecular complexity index is 905. The number of nitrogens with zero attached hydrogens (tertiary/aromatic N) is 4. The summed E-state index contributed by atoms with van der Waals surface area (Å²) in [5.74, 6) is -0.0111. The predicted octanol–water partition coefficient (Wildman–Crippen LogP) is 3.35. The molecule has 0 spiro atoms. The fourth-order valence-electron chi connectivity index (χ4n) is 3.88. The molecule has 0 aliphatic carbocycles. The molecule has 2 aromatic rings. The first kappa shape index (κ1) is 19.9. The molecule has 2 aliphatic rings. The molecular weight excluding hydrogens is 388 g/mol. The lowest BCUT2D eigenvalue weighted by molar-refractivity contribution is -0.153. The zero-order chi connectivity index (χ0) is 20.3. The topological polar surface area (TPSA) is 58.0 Å². The van der Waals surface area contributed by atoms with Gasteiger partial charge in [-0.1, -0.05) is 41.0 Å². The molecular formula is C22H25ClN4O2. The summed E-state index contributed by atoms with van der Waals surface area (Å²) < 4.78 is 0. The number of benzene rings is 1. The van der Waals surface area contributed by atoms with Crippen molar-refractivity contribution in [3.8, 4) is 0 Å². The number of pyridine rings is 1. The molecule has 1 fully saturated rings. The summed E-state index contributed by atoms with van der Waals surface area (Å²) >= 11 is 6.29. The first-order valence-corrected chi connectivity index (χ1v) is 10.3. The van der Waals surface area contributed by atoms with Gasteiger partial charge in [0.25, 0.3) is 5.91 Å². The van der Waals surface area contributed by atoms with Crippen molar-refractivity contribution in [2.75, 3.05) is 26.2 Å². The second kappa shape index (κ2) is 8.51. The van der Waals surface area contributed by atoms with Crippen LogP contribution in [0.25, 0.3) is 0 Å². The standard InChI is InChI=1S/C22H25ClN4O2/c1-22(15-20(25-29-22)18-8-2-3-9-19(18)23)21(28)27-12-6-11-26(13-14-27)16-17-7-4-5-10-24-17/h2-5,7-10H,6,11-16H2,1H3/t22-/m1/s1. The van der Waals surface area contributed by atoms with Gasteiger partial charge in [0, 0.05) is 55.9 Å². The van der Waals surface area contributed by atoms with E-state index in [2.05, 4.69) is 15.0 Å². The maximum absolute atomic E-state index is 13.3. The van der Waals surface area contributed by atoms with Crippen LogP contribution in [0.15, 0.2) is 53.8 Å². The maximum atomic E-state index is 13.3. The summed E-state index contributed by atoms with van der Waals surface area (Å²) in [6.07, 6.45) is 3.16. The monoisotopic (exact) mass is 412 g/mol. The van der Waals surface area contributed by atoms with Crippen molar-refractivity contribution >= 4 is 23.2 Å². The molecule has 1 aromatic carbocycles. The molecule has 1 atom stereocenters. The summed E-state index contributed by atoms with van der Waals surface area (Å²) in [6, 6.07) is 13.5. The number of hydrogen-bond acceptors (Lipinski definition) is 5. The van der Waals surface area contributed by atoms with Crippen LogP contribution in [0.4, 0.5) is 0 Å². The third-order valence-electron chi connectivity index (χ3n) is 5.49. The number of halogens is 1. The summed E-state index contributed by atoms with van der Waals surface area (Å²) in [7, 11) is 0. The van der Waals surface area contributed by atoms with E-state index < -0.39 is 5.60 Å². The van der Waals surface area contributed by atoms with E-state index in [1.807, 2.05) is 60.5 Å². The molecule has 0 unspecified atom stereocenters. The SMILES string of the molecule is C[C@]1(C(=O)N2CCCN(Cc3ccccn3)CC2)CC(c2ccccc2Cl)=NO1. The van der Waals surface area contributed by atoms with Crippen LogP contribution in [0.1, 0.15) is 31.0 Å². The smallest absolute Gasteiger partial charge is 0.269 e. The molecule has 0 radical (unpaired) electrons. The summed E-state index contributed by atoms with van der Waals surface area (Å²) in [5, 5.41) is 4.81. The van der Waals surface area contributed by atoms with Gasteiger partial charge in [-0.05, 0) is 31.5 Å². The van der Waals surface area contributed by atoms with Gasteiger partial charge in [-0.15, -0.1) is 0 Å². The van der Waals surface area contributed by atoms with Gasteiger partial charge in [0.15, 0.2) is 0 Å². The third-order valence-corrected chi connectivity index (χ3v) is 5.82. The van der Waals surface area contributed by atoms with Crippen molar-refractivity contribution in [2.24, 2.45) is 5.16 Å². The number of hydrogen-bond donors (Lipinski definition) is 0. The van der Waals surface area contributed by atoms with Crippen molar-refractivity contribution < 1.29 is 9.63 Å². The lowest BCUT2D eigenvalue weighted by Crippen LogP contribution is -2.48. The molecule has 152 valence electrons. The van der Waals surface area contributed by atoms with Gasteiger partial charge in [0.05, 0.1) is 11.4 Å². The van der Waals surface area contributed by atoms with Crippen LogP contribution in [0.5, 0.6) is 0 Å². The second-order valence-electron chi connectivity index (χ2n) is 7.76. The van der Waals surface area contributed by atoms with Gasteiger partial charge < -0.3 is 9.74 Å². The highest BCUT2D eigenvalue weighted by Crippen LogP contribution is 2.31. The van der Waals surface area contributed by atoms with Crippen molar-refractivity contribution in [3.63, 3.8) is 0 Å². The van der Waals surface area contributed by atoms with E-state index in [1.54, 1.807) is 0 Å². The third kappa shape index (κ3) is 4.43. The van der Waals surface area contributed by atoms with Gasteiger partial charge in [-0.3, -0.25) is 14.7 Å². The Morgan fingerprint density at radius 1 is 1.14 bits per heavy atom. The molecule has 0 bridgehead atoms. The van der Waals surface area contributed by atoms with E-state index in [-0.39, 0.29) is 5.91 Å². The Labute approximate surface area is 176 Å².